The molecule has 1 unspecified atom stereocenters. The third kappa shape index (κ3) is 1.84. The maximum Gasteiger partial charge on any atom is 0.123 e. The zero-order valence-electron chi connectivity index (χ0n) is 9.68. The van der Waals surface area contributed by atoms with Gasteiger partial charge in [0, 0.05) is 7.05 Å². The molecule has 0 spiro atoms. The number of aromatic nitrogens is 3. The van der Waals surface area contributed by atoms with Crippen LogP contribution in [0.1, 0.15) is 28.5 Å². The number of rotatable bonds is 2. The van der Waals surface area contributed by atoms with Gasteiger partial charge in [0.1, 0.15) is 6.10 Å². The highest BCUT2D eigenvalue weighted by Crippen LogP contribution is 2.24. The number of aliphatic hydroxyl groups is 1. The first-order valence-electron chi connectivity index (χ1n) is 5.19. The molecule has 0 aliphatic carbocycles. The number of hydrogen-bond donors (Lipinski definition) is 1. The molecule has 0 aliphatic rings. The van der Waals surface area contributed by atoms with E-state index in [4.69, 9.17) is 0 Å². The Morgan fingerprint density at radius 1 is 1.31 bits per heavy atom. The summed E-state index contributed by atoms with van der Waals surface area (Å²) in [4.78, 5) is 0. The lowest BCUT2D eigenvalue weighted by molar-refractivity contribution is 0.209. The Kier molecular flexibility index (Phi) is 2.75. The maximum absolute atomic E-state index is 10.3. The molecule has 84 valence electrons. The summed E-state index contributed by atoms with van der Waals surface area (Å²) in [5.41, 5.74) is 3.81. The lowest BCUT2D eigenvalue weighted by Gasteiger charge is -2.14. The second-order valence-electron chi connectivity index (χ2n) is 4.05. The topological polar surface area (TPSA) is 50.9 Å². The van der Waals surface area contributed by atoms with Gasteiger partial charge in [-0.05, 0) is 25.0 Å². The van der Waals surface area contributed by atoms with E-state index in [2.05, 4.69) is 10.3 Å². The van der Waals surface area contributed by atoms with Crippen LogP contribution in [-0.2, 0) is 7.05 Å². The van der Waals surface area contributed by atoms with Crippen molar-refractivity contribution >= 4 is 0 Å². The summed E-state index contributed by atoms with van der Waals surface area (Å²) in [6.45, 7) is 4.00. The quantitative estimate of drug-likeness (QED) is 0.829. The van der Waals surface area contributed by atoms with Crippen molar-refractivity contribution in [1.82, 2.24) is 15.0 Å². The van der Waals surface area contributed by atoms with Crippen molar-refractivity contribution < 1.29 is 5.11 Å². The Labute approximate surface area is 94.5 Å². The van der Waals surface area contributed by atoms with Crippen molar-refractivity contribution in [1.29, 1.82) is 0 Å². The number of benzene rings is 1. The SMILES string of the molecule is Cc1ccc(C)c(C(O)c2cnnn2C)c1. The first-order valence-corrected chi connectivity index (χ1v) is 5.19. The average molecular weight is 217 g/mol. The van der Waals surface area contributed by atoms with E-state index in [9.17, 15) is 5.11 Å². The van der Waals surface area contributed by atoms with Gasteiger partial charge in [-0.2, -0.15) is 0 Å². The highest BCUT2D eigenvalue weighted by molar-refractivity contribution is 5.35. The molecule has 1 N–H and O–H groups in total. The van der Waals surface area contributed by atoms with Crippen LogP contribution in [0.5, 0.6) is 0 Å². The summed E-state index contributed by atoms with van der Waals surface area (Å²) >= 11 is 0. The summed E-state index contributed by atoms with van der Waals surface area (Å²) in [7, 11) is 1.77. The number of aryl methyl sites for hydroxylation is 3. The van der Waals surface area contributed by atoms with E-state index in [-0.39, 0.29) is 0 Å². The lowest BCUT2D eigenvalue weighted by Crippen LogP contribution is -2.08. The average Bonchev–Trinajstić information content (AvgIpc) is 2.67. The fourth-order valence-corrected chi connectivity index (χ4v) is 1.76. The smallest absolute Gasteiger partial charge is 0.123 e. The molecule has 0 saturated heterocycles. The van der Waals surface area contributed by atoms with Crippen LogP contribution < -0.4 is 0 Å². The molecule has 1 heterocycles. The summed E-state index contributed by atoms with van der Waals surface area (Å²) in [6, 6.07) is 6.04. The highest BCUT2D eigenvalue weighted by Gasteiger charge is 2.16. The van der Waals surface area contributed by atoms with Gasteiger partial charge in [-0.25, -0.2) is 4.68 Å². The van der Waals surface area contributed by atoms with Gasteiger partial charge in [-0.3, -0.25) is 0 Å². The number of aliphatic hydroxyl groups excluding tert-OH is 1. The molecular formula is C12H15N3O. The summed E-state index contributed by atoms with van der Waals surface area (Å²) in [5, 5.41) is 17.9. The molecular weight excluding hydrogens is 202 g/mol. The highest BCUT2D eigenvalue weighted by atomic mass is 16.3. The molecule has 16 heavy (non-hydrogen) atoms. The van der Waals surface area contributed by atoms with Gasteiger partial charge < -0.3 is 5.11 Å². The monoisotopic (exact) mass is 217 g/mol. The predicted molar refractivity (Wildman–Crippen MR) is 61.0 cm³/mol. The minimum atomic E-state index is -0.667. The molecule has 2 rings (SSSR count). The number of nitrogens with zero attached hydrogens (tertiary/aromatic N) is 3. The van der Waals surface area contributed by atoms with E-state index in [1.165, 1.54) is 0 Å². The van der Waals surface area contributed by atoms with Crippen LogP contribution in [0.4, 0.5) is 0 Å². The van der Waals surface area contributed by atoms with Crippen LogP contribution in [0.2, 0.25) is 0 Å². The molecule has 1 atom stereocenters. The maximum atomic E-state index is 10.3. The van der Waals surface area contributed by atoms with E-state index >= 15 is 0 Å². The van der Waals surface area contributed by atoms with E-state index in [1.807, 2.05) is 32.0 Å². The van der Waals surface area contributed by atoms with Crippen molar-refractivity contribution in [3.8, 4) is 0 Å². The third-order valence-corrected chi connectivity index (χ3v) is 2.76. The Morgan fingerprint density at radius 2 is 2.06 bits per heavy atom. The lowest BCUT2D eigenvalue weighted by atomic mass is 9.99. The van der Waals surface area contributed by atoms with E-state index in [1.54, 1.807) is 17.9 Å². The van der Waals surface area contributed by atoms with Gasteiger partial charge in [0.2, 0.25) is 0 Å². The fraction of sp³-hybridized carbons (Fsp3) is 0.333. The molecule has 2 aromatic rings. The van der Waals surface area contributed by atoms with E-state index < -0.39 is 6.10 Å². The Hall–Kier alpha value is -1.68. The van der Waals surface area contributed by atoms with Crippen LogP contribution in [0.15, 0.2) is 24.4 Å². The van der Waals surface area contributed by atoms with Gasteiger partial charge in [0.05, 0.1) is 11.9 Å². The van der Waals surface area contributed by atoms with Crippen molar-refractivity contribution in [3.05, 3.63) is 46.8 Å². The van der Waals surface area contributed by atoms with Crippen molar-refractivity contribution in [2.75, 3.05) is 0 Å². The summed E-state index contributed by atoms with van der Waals surface area (Å²) in [5.74, 6) is 0. The van der Waals surface area contributed by atoms with E-state index in [0.717, 1.165) is 16.7 Å². The second kappa shape index (κ2) is 4.06. The number of hydrogen-bond acceptors (Lipinski definition) is 3. The van der Waals surface area contributed by atoms with Crippen molar-refractivity contribution in [3.63, 3.8) is 0 Å². The van der Waals surface area contributed by atoms with Gasteiger partial charge in [-0.15, -0.1) is 5.10 Å². The zero-order chi connectivity index (χ0) is 11.7. The van der Waals surface area contributed by atoms with Gasteiger partial charge >= 0.3 is 0 Å². The van der Waals surface area contributed by atoms with Crippen molar-refractivity contribution in [2.45, 2.75) is 20.0 Å². The Morgan fingerprint density at radius 3 is 2.69 bits per heavy atom. The first kappa shape index (κ1) is 10.8. The Bertz CT molecular complexity index is 505. The van der Waals surface area contributed by atoms with Crippen LogP contribution >= 0.6 is 0 Å². The Balaban J connectivity index is 2.45. The van der Waals surface area contributed by atoms with Crippen LogP contribution in [0, 0.1) is 13.8 Å². The van der Waals surface area contributed by atoms with Gasteiger partial charge in [-0.1, -0.05) is 29.0 Å². The molecule has 0 radical (unpaired) electrons. The first-order chi connectivity index (χ1) is 7.59. The minimum Gasteiger partial charge on any atom is -0.382 e. The zero-order valence-corrected chi connectivity index (χ0v) is 9.68. The molecule has 1 aromatic heterocycles. The van der Waals surface area contributed by atoms with Crippen LogP contribution in [0.25, 0.3) is 0 Å². The summed E-state index contributed by atoms with van der Waals surface area (Å²) < 4.78 is 1.59. The molecule has 0 bridgehead atoms. The molecule has 0 saturated carbocycles. The second-order valence-corrected chi connectivity index (χ2v) is 4.05. The standard InChI is InChI=1S/C12H15N3O/c1-8-4-5-9(2)10(6-8)12(16)11-7-13-14-15(11)3/h4-7,12,16H,1-3H3. The minimum absolute atomic E-state index is 0.667. The van der Waals surface area contributed by atoms with Gasteiger partial charge in [0.15, 0.2) is 0 Å². The molecule has 0 fully saturated rings. The molecule has 0 amide bonds. The van der Waals surface area contributed by atoms with Crippen LogP contribution in [-0.4, -0.2) is 20.1 Å². The molecule has 0 aliphatic heterocycles. The molecule has 4 nitrogen and oxygen atoms in total. The predicted octanol–water partition coefficient (Wildman–Crippen LogP) is 1.51. The van der Waals surface area contributed by atoms with Crippen molar-refractivity contribution in [2.24, 2.45) is 7.05 Å². The largest absolute Gasteiger partial charge is 0.382 e. The fourth-order valence-electron chi connectivity index (χ4n) is 1.76. The van der Waals surface area contributed by atoms with Gasteiger partial charge in [0.25, 0.3) is 0 Å². The van der Waals surface area contributed by atoms with Crippen LogP contribution in [0.3, 0.4) is 0 Å². The molecule has 1 aromatic carbocycles. The normalized spacial score (nSPS) is 12.8. The van der Waals surface area contributed by atoms with E-state index in [0.29, 0.717) is 5.69 Å². The third-order valence-electron chi connectivity index (χ3n) is 2.76. The summed E-state index contributed by atoms with van der Waals surface area (Å²) in [6.07, 6.45) is 0.923. The molecule has 4 heteroatoms.